The Morgan fingerprint density at radius 1 is 0.719 bits per heavy atom. The molecule has 15 heteroatoms. The van der Waals surface area contributed by atoms with Crippen LogP contribution in [0.25, 0.3) is 0 Å². The summed E-state index contributed by atoms with van der Waals surface area (Å²) in [6.45, 7) is -1.03. The minimum Gasteiger partial charge on any atom is -0.410 e. The molecule has 0 aromatic rings. The standard InChI is InChI=1S/C17H31NO11S3/c19-5-7-10(21)12(23)14(25)16(28-7)31-9(18-27)3-1-2-4-30-32-17-15(26)13(24)11(22)8(6-20)29-17/h7-8,10-17,19-27H,1-6H2/t7-,8-,10-,11-,12+,13+,14-,15-,16+,17+/m1/s1. The van der Waals surface area contributed by atoms with Gasteiger partial charge in [-0.1, -0.05) is 38.5 Å². The fraction of sp³-hybridized carbons (Fsp3) is 0.941. The van der Waals surface area contributed by atoms with Gasteiger partial charge in [0.05, 0.1) is 13.2 Å². The highest BCUT2D eigenvalue weighted by Gasteiger charge is 2.45. The maximum Gasteiger partial charge on any atom is 0.142 e. The van der Waals surface area contributed by atoms with Crippen molar-refractivity contribution in [2.75, 3.05) is 19.0 Å². The molecule has 0 amide bonds. The SMILES string of the molecule is OC[C@H]1O[C@@H](SSCCCCC(=NO)S[C@@H]2O[C@H](CO)[C@@H](O)[C@H](O)[C@H]2O)[C@H](O)[C@@H](O)[C@@H]1O. The molecule has 0 aliphatic carbocycles. The van der Waals surface area contributed by atoms with Gasteiger partial charge in [-0.15, -0.1) is 0 Å². The highest BCUT2D eigenvalue weighted by molar-refractivity contribution is 8.76. The van der Waals surface area contributed by atoms with E-state index in [4.69, 9.17) is 9.47 Å². The van der Waals surface area contributed by atoms with E-state index in [1.165, 1.54) is 21.6 Å². The molecule has 32 heavy (non-hydrogen) atoms. The molecule has 0 aromatic heterocycles. The molecule has 0 radical (unpaired) electrons. The van der Waals surface area contributed by atoms with Crippen LogP contribution < -0.4 is 0 Å². The number of hydrogen-bond acceptors (Lipinski definition) is 15. The molecule has 2 heterocycles. The summed E-state index contributed by atoms with van der Waals surface area (Å²) in [5.41, 5.74) is -1.83. The highest BCUT2D eigenvalue weighted by atomic mass is 33.1. The fourth-order valence-corrected chi connectivity index (χ4v) is 6.74. The number of ether oxygens (including phenoxy) is 2. The Hall–Kier alpha value is 0.120. The van der Waals surface area contributed by atoms with Crippen LogP contribution in [0.15, 0.2) is 5.16 Å². The van der Waals surface area contributed by atoms with Crippen molar-refractivity contribution in [2.45, 2.75) is 79.0 Å². The van der Waals surface area contributed by atoms with Gasteiger partial charge in [-0.2, -0.15) is 0 Å². The molecule has 0 aromatic carbocycles. The van der Waals surface area contributed by atoms with Gasteiger partial charge in [0.15, 0.2) is 0 Å². The van der Waals surface area contributed by atoms with Gasteiger partial charge < -0.3 is 55.5 Å². The summed E-state index contributed by atoms with van der Waals surface area (Å²) < 4.78 is 10.8. The van der Waals surface area contributed by atoms with E-state index < -0.39 is 72.9 Å². The van der Waals surface area contributed by atoms with E-state index in [1.807, 2.05) is 0 Å². The largest absolute Gasteiger partial charge is 0.410 e. The fourth-order valence-electron chi connectivity index (χ4n) is 3.13. The number of thioether (sulfide) groups is 1. The maximum atomic E-state index is 10.1. The van der Waals surface area contributed by atoms with E-state index in [9.17, 15) is 46.1 Å². The van der Waals surface area contributed by atoms with Crippen LogP contribution in [-0.4, -0.2) is 130 Å². The Labute approximate surface area is 197 Å². The average molecular weight is 522 g/mol. The van der Waals surface area contributed by atoms with Crippen LogP contribution >= 0.6 is 33.3 Å². The van der Waals surface area contributed by atoms with E-state index in [0.717, 1.165) is 11.8 Å². The molecule has 9 N–H and O–H groups in total. The van der Waals surface area contributed by atoms with Crippen LogP contribution in [0.4, 0.5) is 0 Å². The zero-order valence-corrected chi connectivity index (χ0v) is 19.5. The molecule has 0 unspecified atom stereocenters. The van der Waals surface area contributed by atoms with Gasteiger partial charge >= 0.3 is 0 Å². The monoisotopic (exact) mass is 521 g/mol. The minimum atomic E-state index is -1.51. The van der Waals surface area contributed by atoms with Gasteiger partial charge in [0, 0.05) is 5.75 Å². The Balaban J connectivity index is 1.69. The normalized spacial score (nSPS) is 41.1. The summed E-state index contributed by atoms with van der Waals surface area (Å²) in [6.07, 6.45) is -8.86. The number of unbranched alkanes of at least 4 members (excludes halogenated alkanes) is 1. The quantitative estimate of drug-likeness (QED) is 0.0368. The van der Waals surface area contributed by atoms with E-state index >= 15 is 0 Å². The molecule has 10 atom stereocenters. The van der Waals surface area contributed by atoms with Crippen molar-refractivity contribution in [1.29, 1.82) is 0 Å². The predicted octanol–water partition coefficient (Wildman–Crippen LogP) is -2.34. The van der Waals surface area contributed by atoms with Crippen molar-refractivity contribution in [3.63, 3.8) is 0 Å². The van der Waals surface area contributed by atoms with Gasteiger partial charge in [0.1, 0.15) is 64.7 Å². The molecule has 2 aliphatic rings. The smallest absolute Gasteiger partial charge is 0.142 e. The molecule has 0 saturated carbocycles. The van der Waals surface area contributed by atoms with Crippen LogP contribution in [-0.2, 0) is 9.47 Å². The number of nitrogens with zero attached hydrogens (tertiary/aromatic N) is 1. The Morgan fingerprint density at radius 2 is 1.25 bits per heavy atom. The molecule has 0 spiro atoms. The van der Waals surface area contributed by atoms with Gasteiger partial charge in [-0.3, -0.25) is 0 Å². The summed E-state index contributed by atoms with van der Waals surface area (Å²) >= 11 is 0.894. The van der Waals surface area contributed by atoms with E-state index in [0.29, 0.717) is 25.0 Å². The summed E-state index contributed by atoms with van der Waals surface area (Å²) in [6, 6.07) is 0. The third-order valence-electron chi connectivity index (χ3n) is 5.09. The first-order valence-corrected chi connectivity index (χ1v) is 13.3. The summed E-state index contributed by atoms with van der Waals surface area (Å²) in [5.74, 6) is 0.628. The lowest BCUT2D eigenvalue weighted by molar-refractivity contribution is -0.205. The summed E-state index contributed by atoms with van der Waals surface area (Å²) in [5, 5.41) is 90.4. The molecule has 2 rings (SSSR count). The van der Waals surface area contributed by atoms with Crippen molar-refractivity contribution in [3.05, 3.63) is 0 Å². The first-order chi connectivity index (χ1) is 15.2. The van der Waals surface area contributed by atoms with Crippen molar-refractivity contribution in [3.8, 4) is 0 Å². The molecular weight excluding hydrogens is 490 g/mol. The molecule has 0 bridgehead atoms. The molecule has 188 valence electrons. The predicted molar refractivity (Wildman–Crippen MR) is 118 cm³/mol. The number of hydrogen-bond donors (Lipinski definition) is 9. The lowest BCUT2D eigenvalue weighted by Gasteiger charge is -2.39. The van der Waals surface area contributed by atoms with Crippen molar-refractivity contribution in [2.24, 2.45) is 5.16 Å². The van der Waals surface area contributed by atoms with Gasteiger partial charge in [0.25, 0.3) is 0 Å². The summed E-state index contributed by atoms with van der Waals surface area (Å²) in [7, 11) is 2.55. The second-order valence-corrected chi connectivity index (χ2v) is 11.1. The van der Waals surface area contributed by atoms with Crippen molar-refractivity contribution >= 4 is 38.4 Å². The second-order valence-electron chi connectivity index (χ2n) is 7.38. The van der Waals surface area contributed by atoms with Crippen LogP contribution in [0, 0.1) is 0 Å². The lowest BCUT2D eigenvalue weighted by atomic mass is 10.0. The Morgan fingerprint density at radius 3 is 1.78 bits per heavy atom. The number of aliphatic hydroxyl groups excluding tert-OH is 8. The number of oxime groups is 1. The topological polar surface area (TPSA) is 213 Å². The third-order valence-corrected chi connectivity index (χ3v) is 8.92. The highest BCUT2D eigenvalue weighted by Crippen LogP contribution is 2.36. The Kier molecular flexibility index (Phi) is 12.3. The van der Waals surface area contributed by atoms with Crippen LogP contribution in [0.5, 0.6) is 0 Å². The molecular formula is C17H31NO11S3. The Bertz CT molecular complexity index is 588. The first kappa shape index (κ1) is 28.4. The third kappa shape index (κ3) is 7.31. The molecule has 12 nitrogen and oxygen atoms in total. The number of aliphatic hydroxyl groups is 8. The van der Waals surface area contributed by atoms with Gasteiger partial charge in [0.2, 0.25) is 0 Å². The van der Waals surface area contributed by atoms with Crippen LogP contribution in [0.2, 0.25) is 0 Å². The number of rotatable bonds is 10. The van der Waals surface area contributed by atoms with E-state index in [1.54, 1.807) is 0 Å². The average Bonchev–Trinajstić information content (AvgIpc) is 2.80. The maximum absolute atomic E-state index is 10.1. The van der Waals surface area contributed by atoms with Gasteiger partial charge in [-0.25, -0.2) is 0 Å². The van der Waals surface area contributed by atoms with Crippen LogP contribution in [0.1, 0.15) is 19.3 Å². The van der Waals surface area contributed by atoms with Crippen molar-refractivity contribution < 1.29 is 55.5 Å². The first-order valence-electron chi connectivity index (χ1n) is 10.0. The zero-order chi connectivity index (χ0) is 23.8. The van der Waals surface area contributed by atoms with Gasteiger partial charge in [-0.05, 0) is 19.3 Å². The van der Waals surface area contributed by atoms with E-state index in [2.05, 4.69) is 5.16 Å². The van der Waals surface area contributed by atoms with Crippen molar-refractivity contribution in [1.82, 2.24) is 0 Å². The lowest BCUT2D eigenvalue weighted by Crippen LogP contribution is -2.57. The summed E-state index contributed by atoms with van der Waals surface area (Å²) in [4.78, 5) is 0. The van der Waals surface area contributed by atoms with E-state index in [-0.39, 0.29) is 5.04 Å². The zero-order valence-electron chi connectivity index (χ0n) is 17.0. The second kappa shape index (κ2) is 13.9. The molecule has 2 saturated heterocycles. The van der Waals surface area contributed by atoms with Crippen LogP contribution in [0.3, 0.4) is 0 Å². The molecule has 2 aliphatic heterocycles. The minimum absolute atomic E-state index is 0.251. The molecule has 2 fully saturated rings.